The Bertz CT molecular complexity index is 1110. The highest BCUT2D eigenvalue weighted by molar-refractivity contribution is 7.15. The molecule has 1 N–H and O–H groups in total. The molecule has 4 rings (SSSR count). The Morgan fingerprint density at radius 3 is 2.75 bits per heavy atom. The number of benzene rings is 1. The molecule has 0 unspecified atom stereocenters. The molecule has 3 aromatic rings. The number of amides is 1. The van der Waals surface area contributed by atoms with Crippen molar-refractivity contribution in [2.24, 2.45) is 0 Å². The van der Waals surface area contributed by atoms with Crippen molar-refractivity contribution >= 4 is 28.1 Å². The Balaban J connectivity index is 1.48. The van der Waals surface area contributed by atoms with Crippen molar-refractivity contribution in [3.63, 3.8) is 0 Å². The van der Waals surface area contributed by atoms with Gasteiger partial charge in [0, 0.05) is 55.9 Å². The zero-order valence-electron chi connectivity index (χ0n) is 18.5. The summed E-state index contributed by atoms with van der Waals surface area (Å²) >= 11 is 1.51. The van der Waals surface area contributed by atoms with Crippen LogP contribution in [0.15, 0.2) is 35.8 Å². The first-order chi connectivity index (χ1) is 15.3. The van der Waals surface area contributed by atoms with E-state index in [1.807, 2.05) is 48.9 Å². The van der Waals surface area contributed by atoms with Crippen LogP contribution in [0.3, 0.4) is 0 Å². The van der Waals surface area contributed by atoms with Gasteiger partial charge in [-0.25, -0.2) is 14.6 Å². The second-order valence-corrected chi connectivity index (χ2v) is 9.42. The molecule has 170 valence electrons. The largest absolute Gasteiger partial charge is 0.449 e. The minimum atomic E-state index is -0.612. The maximum atomic E-state index is 12.6. The van der Waals surface area contributed by atoms with Crippen molar-refractivity contribution in [2.45, 2.75) is 32.8 Å². The number of nitrogens with zero attached hydrogens (tertiary/aromatic N) is 4. The van der Waals surface area contributed by atoms with E-state index in [9.17, 15) is 9.70 Å². The summed E-state index contributed by atoms with van der Waals surface area (Å²) in [5.41, 5.74) is 2.17. The third kappa shape index (κ3) is 5.08. The number of fused-ring (bicyclic) bond motifs is 1. The number of hydrogen-bond donors (Lipinski definition) is 1. The molecule has 0 bridgehead atoms. The van der Waals surface area contributed by atoms with Crippen LogP contribution in [-0.4, -0.2) is 63.7 Å². The average Bonchev–Trinajstić information content (AvgIpc) is 3.35. The molecule has 0 atom stereocenters. The smallest absolute Gasteiger partial charge is 0.409 e. The third-order valence-corrected chi connectivity index (χ3v) is 5.86. The van der Waals surface area contributed by atoms with Crippen molar-refractivity contribution in [3.05, 3.63) is 46.4 Å². The minimum absolute atomic E-state index is 0.271. The lowest BCUT2D eigenvalue weighted by Gasteiger charge is -2.26. The van der Waals surface area contributed by atoms with Crippen LogP contribution < -0.4 is 5.32 Å². The fourth-order valence-electron chi connectivity index (χ4n) is 3.47. The number of imidazole rings is 1. The van der Waals surface area contributed by atoms with E-state index in [0.717, 1.165) is 23.7 Å². The van der Waals surface area contributed by atoms with Crippen LogP contribution in [0.4, 0.5) is 10.5 Å². The topological polar surface area (TPSA) is 88.2 Å². The minimum Gasteiger partial charge on any atom is -0.449 e. The maximum absolute atomic E-state index is 12.6. The number of carbonyl (C=O) groups is 1. The number of aromatic nitrogens is 2. The van der Waals surface area contributed by atoms with E-state index >= 15 is 0 Å². The number of ether oxygens (including phenoxy) is 1. The van der Waals surface area contributed by atoms with Crippen molar-refractivity contribution in [1.29, 1.82) is 0 Å². The Morgan fingerprint density at radius 2 is 2.00 bits per heavy atom. The number of hydrogen-bond acceptors (Lipinski definition) is 7. The molecular weight excluding hydrogens is 430 g/mol. The van der Waals surface area contributed by atoms with Gasteiger partial charge < -0.3 is 15.0 Å². The van der Waals surface area contributed by atoms with Gasteiger partial charge in [0.25, 0.3) is 4.92 Å². The standard InChI is InChI=1S/C22H28N5O4S/c1-22(2,3)31-27(29)19-7-5-4-6-17(19)18-14-26-16(15-32-20(26)24-18)8-13-30-21(28)25-11-9-23-10-12-25/h4-7,14-15,23H,8-13H2,1-3H3/q+1. The molecule has 2 aromatic heterocycles. The molecule has 1 aliphatic rings. The van der Waals surface area contributed by atoms with Gasteiger partial charge in [-0.3, -0.25) is 4.40 Å². The lowest BCUT2D eigenvalue weighted by atomic mass is 10.1. The van der Waals surface area contributed by atoms with E-state index in [1.54, 1.807) is 17.0 Å². The van der Waals surface area contributed by atoms with E-state index in [2.05, 4.69) is 5.32 Å². The highest BCUT2D eigenvalue weighted by atomic mass is 32.1. The van der Waals surface area contributed by atoms with Crippen LogP contribution in [-0.2, 0) is 16.0 Å². The molecule has 0 radical (unpaired) electrons. The highest BCUT2D eigenvalue weighted by Crippen LogP contribution is 2.32. The van der Waals surface area contributed by atoms with Gasteiger partial charge in [-0.1, -0.05) is 12.1 Å². The SMILES string of the molecule is CC(C)(C)O[N+](=O)c1ccccc1-c1cn2c(CCOC(=O)N3CCNCC3)csc2n1. The van der Waals surface area contributed by atoms with Crippen molar-refractivity contribution in [1.82, 2.24) is 19.6 Å². The summed E-state index contributed by atoms with van der Waals surface area (Å²) < 4.78 is 7.44. The summed E-state index contributed by atoms with van der Waals surface area (Å²) in [5.74, 6) is 0. The van der Waals surface area contributed by atoms with Gasteiger partial charge in [-0.05, 0) is 26.8 Å². The second kappa shape index (κ2) is 9.25. The molecule has 10 heteroatoms. The van der Waals surface area contributed by atoms with E-state index in [4.69, 9.17) is 14.6 Å². The summed E-state index contributed by atoms with van der Waals surface area (Å²) in [6, 6.07) is 7.24. The number of rotatable bonds is 6. The molecule has 1 aliphatic heterocycles. The Morgan fingerprint density at radius 1 is 1.25 bits per heavy atom. The molecular formula is C22H28N5O4S+. The monoisotopic (exact) mass is 458 g/mol. The number of thiazole rings is 1. The number of nitrogens with one attached hydrogen (secondary N) is 1. The number of para-hydroxylation sites is 1. The molecule has 0 saturated carbocycles. The van der Waals surface area contributed by atoms with Gasteiger partial charge in [0.2, 0.25) is 0 Å². The molecule has 3 heterocycles. The third-order valence-electron chi connectivity index (χ3n) is 4.98. The van der Waals surface area contributed by atoms with E-state index in [-0.39, 0.29) is 6.09 Å². The molecule has 1 saturated heterocycles. The molecule has 0 spiro atoms. The predicted molar refractivity (Wildman–Crippen MR) is 122 cm³/mol. The summed E-state index contributed by atoms with van der Waals surface area (Å²) in [6.45, 7) is 8.70. The van der Waals surface area contributed by atoms with Gasteiger partial charge in [0.05, 0.1) is 22.8 Å². The van der Waals surface area contributed by atoms with Crippen molar-refractivity contribution < 1.29 is 19.3 Å². The zero-order chi connectivity index (χ0) is 22.7. The molecule has 1 fully saturated rings. The fraction of sp³-hybridized carbons (Fsp3) is 0.455. The van der Waals surface area contributed by atoms with Crippen LogP contribution in [0, 0.1) is 4.91 Å². The van der Waals surface area contributed by atoms with Crippen LogP contribution >= 0.6 is 11.3 Å². The summed E-state index contributed by atoms with van der Waals surface area (Å²) in [6.07, 6.45) is 2.21. The van der Waals surface area contributed by atoms with Crippen molar-refractivity contribution in [2.75, 3.05) is 32.8 Å². The Kier molecular flexibility index (Phi) is 6.43. The summed E-state index contributed by atoms with van der Waals surface area (Å²) in [7, 11) is 0. The summed E-state index contributed by atoms with van der Waals surface area (Å²) in [4.78, 5) is 38.1. The average molecular weight is 459 g/mol. The highest BCUT2D eigenvalue weighted by Gasteiger charge is 2.30. The van der Waals surface area contributed by atoms with E-state index in [0.29, 0.717) is 48.0 Å². The lowest BCUT2D eigenvalue weighted by molar-refractivity contribution is -0.765. The van der Waals surface area contributed by atoms with Crippen LogP contribution in [0.2, 0.25) is 0 Å². The maximum Gasteiger partial charge on any atom is 0.409 e. The first-order valence-corrected chi connectivity index (χ1v) is 11.5. The second-order valence-electron chi connectivity index (χ2n) is 8.59. The number of piperazine rings is 1. The van der Waals surface area contributed by atoms with Gasteiger partial charge in [-0.2, -0.15) is 0 Å². The molecule has 1 amide bonds. The normalized spacial score (nSPS) is 14.5. The number of carbonyl (C=O) groups excluding carboxylic acids is 1. The van der Waals surface area contributed by atoms with Crippen LogP contribution in [0.1, 0.15) is 26.5 Å². The van der Waals surface area contributed by atoms with Crippen LogP contribution in [0.5, 0.6) is 0 Å². The quantitative estimate of drug-likeness (QED) is 0.566. The molecule has 1 aromatic carbocycles. The first-order valence-electron chi connectivity index (χ1n) is 10.7. The van der Waals surface area contributed by atoms with Crippen molar-refractivity contribution in [3.8, 4) is 11.3 Å². The zero-order valence-corrected chi connectivity index (χ0v) is 19.4. The van der Waals surface area contributed by atoms with Gasteiger partial charge in [0.15, 0.2) is 10.6 Å². The fourth-order valence-corrected chi connectivity index (χ4v) is 4.38. The van der Waals surface area contributed by atoms with E-state index < -0.39 is 5.60 Å². The van der Waals surface area contributed by atoms with Crippen LogP contribution in [0.25, 0.3) is 16.2 Å². The predicted octanol–water partition coefficient (Wildman–Crippen LogP) is 3.79. The Labute approximate surface area is 190 Å². The van der Waals surface area contributed by atoms with Gasteiger partial charge in [0.1, 0.15) is 0 Å². The lowest BCUT2D eigenvalue weighted by Crippen LogP contribution is -2.46. The molecule has 32 heavy (non-hydrogen) atoms. The van der Waals surface area contributed by atoms with E-state index in [1.165, 1.54) is 11.3 Å². The molecule has 9 nitrogen and oxygen atoms in total. The van der Waals surface area contributed by atoms with Gasteiger partial charge >= 0.3 is 11.8 Å². The first kappa shape index (κ1) is 22.2. The Hall–Kier alpha value is -2.98. The van der Waals surface area contributed by atoms with Gasteiger partial charge in [-0.15, -0.1) is 11.3 Å². The summed E-state index contributed by atoms with van der Waals surface area (Å²) in [5, 5.41) is 5.23. The molecule has 0 aliphatic carbocycles.